The van der Waals surface area contributed by atoms with Crippen LogP contribution >= 0.6 is 0 Å². The van der Waals surface area contributed by atoms with Crippen molar-refractivity contribution >= 4 is 5.91 Å². The zero-order valence-electron chi connectivity index (χ0n) is 8.92. The first-order valence-corrected chi connectivity index (χ1v) is 5.08. The first-order chi connectivity index (χ1) is 6.74. The van der Waals surface area contributed by atoms with Crippen molar-refractivity contribution < 1.29 is 4.79 Å². The summed E-state index contributed by atoms with van der Waals surface area (Å²) < 4.78 is 0. The number of amides is 1. The summed E-state index contributed by atoms with van der Waals surface area (Å²) in [5.74, 6) is 0.158. The average molecular weight is 194 g/mol. The van der Waals surface area contributed by atoms with E-state index in [4.69, 9.17) is 0 Å². The predicted octanol–water partition coefficient (Wildman–Crippen LogP) is 1.29. The Morgan fingerprint density at radius 1 is 1.64 bits per heavy atom. The molecule has 0 saturated carbocycles. The lowest BCUT2D eigenvalue weighted by molar-refractivity contribution is -0.128. The van der Waals surface area contributed by atoms with Crippen molar-refractivity contribution in [3.8, 4) is 0 Å². The molecule has 0 aromatic rings. The highest BCUT2D eigenvalue weighted by atomic mass is 16.2. The molecule has 1 N–H and O–H groups in total. The molecule has 0 aromatic carbocycles. The van der Waals surface area contributed by atoms with Gasteiger partial charge in [-0.2, -0.15) is 0 Å². The molecule has 0 bridgehead atoms. The van der Waals surface area contributed by atoms with E-state index in [1.165, 1.54) is 5.57 Å². The lowest BCUT2D eigenvalue weighted by atomic mass is 10.1. The minimum absolute atomic E-state index is 0.158. The molecule has 78 valence electrons. The van der Waals surface area contributed by atoms with E-state index in [1.807, 2.05) is 18.0 Å². The van der Waals surface area contributed by atoms with Crippen LogP contribution in [0.1, 0.15) is 20.3 Å². The third kappa shape index (κ3) is 3.24. The highest BCUT2D eigenvalue weighted by Crippen LogP contribution is 2.07. The summed E-state index contributed by atoms with van der Waals surface area (Å²) in [6.45, 7) is 6.15. The van der Waals surface area contributed by atoms with Crippen LogP contribution in [-0.2, 0) is 4.79 Å². The Balaban J connectivity index is 2.35. The summed E-state index contributed by atoms with van der Waals surface area (Å²) in [5.41, 5.74) is 1.31. The summed E-state index contributed by atoms with van der Waals surface area (Å²) in [6.07, 6.45) is 7.14. The van der Waals surface area contributed by atoms with E-state index in [0.29, 0.717) is 0 Å². The lowest BCUT2D eigenvalue weighted by Gasteiger charge is -2.19. The van der Waals surface area contributed by atoms with Gasteiger partial charge in [-0.1, -0.05) is 6.08 Å². The lowest BCUT2D eigenvalue weighted by Crippen LogP contribution is -2.29. The van der Waals surface area contributed by atoms with Gasteiger partial charge in [-0.05, 0) is 31.2 Å². The van der Waals surface area contributed by atoms with Crippen LogP contribution in [0.2, 0.25) is 0 Å². The third-order valence-corrected chi connectivity index (χ3v) is 2.39. The molecule has 1 rings (SSSR count). The Morgan fingerprint density at radius 3 is 2.93 bits per heavy atom. The van der Waals surface area contributed by atoms with E-state index in [-0.39, 0.29) is 5.91 Å². The topological polar surface area (TPSA) is 32.3 Å². The fraction of sp³-hybridized carbons (Fsp3) is 0.545. The van der Waals surface area contributed by atoms with Gasteiger partial charge in [0.1, 0.15) is 0 Å². The molecule has 1 amide bonds. The van der Waals surface area contributed by atoms with Gasteiger partial charge in [-0.3, -0.25) is 4.79 Å². The molecule has 3 heteroatoms. The van der Waals surface area contributed by atoms with Gasteiger partial charge >= 0.3 is 0 Å². The molecule has 0 fully saturated rings. The van der Waals surface area contributed by atoms with Gasteiger partial charge in [0.05, 0.1) is 0 Å². The van der Waals surface area contributed by atoms with E-state index in [2.05, 4.69) is 17.5 Å². The van der Waals surface area contributed by atoms with E-state index in [1.54, 1.807) is 6.92 Å². The number of carbonyl (C=O) groups is 1. The Morgan fingerprint density at radius 2 is 2.43 bits per heavy atom. The Labute approximate surface area is 85.5 Å². The van der Waals surface area contributed by atoms with Crippen molar-refractivity contribution in [3.63, 3.8) is 0 Å². The summed E-state index contributed by atoms with van der Waals surface area (Å²) in [5, 5.41) is 3.10. The van der Waals surface area contributed by atoms with Crippen LogP contribution in [-0.4, -0.2) is 30.4 Å². The maximum Gasteiger partial charge on any atom is 0.219 e. The number of allylic oxidation sites excluding steroid dienone is 1. The maximum absolute atomic E-state index is 11.1. The number of carbonyl (C=O) groups excluding carboxylic acids is 1. The summed E-state index contributed by atoms with van der Waals surface area (Å²) in [6, 6.07) is 0. The van der Waals surface area contributed by atoms with E-state index in [9.17, 15) is 4.79 Å². The van der Waals surface area contributed by atoms with E-state index < -0.39 is 0 Å². The second-order valence-corrected chi connectivity index (χ2v) is 3.37. The van der Waals surface area contributed by atoms with Crippen molar-refractivity contribution in [1.29, 1.82) is 0 Å². The van der Waals surface area contributed by atoms with Gasteiger partial charge < -0.3 is 10.2 Å². The Hall–Kier alpha value is -1.25. The van der Waals surface area contributed by atoms with Crippen LogP contribution in [0.3, 0.4) is 0 Å². The molecule has 1 aliphatic rings. The second-order valence-electron chi connectivity index (χ2n) is 3.37. The molecule has 14 heavy (non-hydrogen) atoms. The van der Waals surface area contributed by atoms with Crippen molar-refractivity contribution in [1.82, 2.24) is 10.2 Å². The molecule has 0 unspecified atom stereocenters. The van der Waals surface area contributed by atoms with E-state index >= 15 is 0 Å². The van der Waals surface area contributed by atoms with Crippen LogP contribution in [0.25, 0.3) is 0 Å². The normalized spacial score (nSPS) is 14.6. The summed E-state index contributed by atoms with van der Waals surface area (Å²) >= 11 is 0. The second kappa shape index (κ2) is 5.47. The minimum Gasteiger partial charge on any atom is -0.387 e. The highest BCUT2D eigenvalue weighted by Gasteiger charge is 2.06. The summed E-state index contributed by atoms with van der Waals surface area (Å²) in [7, 11) is 0. The third-order valence-electron chi connectivity index (χ3n) is 2.39. The largest absolute Gasteiger partial charge is 0.387 e. The monoisotopic (exact) mass is 194 g/mol. The Kier molecular flexibility index (Phi) is 4.23. The number of nitrogens with zero attached hydrogens (tertiary/aromatic N) is 1. The number of nitrogens with one attached hydrogen (secondary N) is 1. The number of hydrogen-bond donors (Lipinski definition) is 1. The molecule has 1 heterocycles. The van der Waals surface area contributed by atoms with Crippen LogP contribution in [0.15, 0.2) is 23.9 Å². The van der Waals surface area contributed by atoms with Crippen LogP contribution in [0.5, 0.6) is 0 Å². The SMILES string of the molecule is CCN(CCC1=CCNC=C1)C(C)=O. The molecule has 0 aromatic heterocycles. The highest BCUT2D eigenvalue weighted by molar-refractivity contribution is 5.73. The molecule has 0 saturated heterocycles. The van der Waals surface area contributed by atoms with Crippen LogP contribution in [0, 0.1) is 0 Å². The average Bonchev–Trinajstić information content (AvgIpc) is 2.20. The molecule has 0 radical (unpaired) electrons. The van der Waals surface area contributed by atoms with E-state index in [0.717, 1.165) is 26.1 Å². The van der Waals surface area contributed by atoms with Crippen LogP contribution in [0.4, 0.5) is 0 Å². The number of dihydropyridines is 1. The molecule has 3 nitrogen and oxygen atoms in total. The number of rotatable bonds is 4. The molecular formula is C11H18N2O. The molecule has 0 atom stereocenters. The molecule has 1 aliphatic heterocycles. The van der Waals surface area contributed by atoms with Crippen molar-refractivity contribution in [2.45, 2.75) is 20.3 Å². The minimum atomic E-state index is 0.158. The predicted molar refractivity (Wildman–Crippen MR) is 57.8 cm³/mol. The quantitative estimate of drug-likeness (QED) is 0.731. The van der Waals surface area contributed by atoms with Gasteiger partial charge in [0, 0.05) is 26.6 Å². The van der Waals surface area contributed by atoms with Gasteiger partial charge in [0.15, 0.2) is 0 Å². The fourth-order valence-electron chi connectivity index (χ4n) is 1.48. The number of hydrogen-bond acceptors (Lipinski definition) is 2. The van der Waals surface area contributed by atoms with Gasteiger partial charge in [0.2, 0.25) is 5.91 Å². The Bertz CT molecular complexity index is 256. The van der Waals surface area contributed by atoms with Crippen molar-refractivity contribution in [2.75, 3.05) is 19.6 Å². The molecule has 0 aliphatic carbocycles. The van der Waals surface area contributed by atoms with Gasteiger partial charge in [-0.15, -0.1) is 0 Å². The maximum atomic E-state index is 11.1. The van der Waals surface area contributed by atoms with Crippen molar-refractivity contribution in [3.05, 3.63) is 23.9 Å². The molecular weight excluding hydrogens is 176 g/mol. The zero-order valence-corrected chi connectivity index (χ0v) is 8.92. The smallest absolute Gasteiger partial charge is 0.219 e. The zero-order chi connectivity index (χ0) is 10.4. The van der Waals surface area contributed by atoms with Gasteiger partial charge in [-0.25, -0.2) is 0 Å². The fourth-order valence-corrected chi connectivity index (χ4v) is 1.48. The summed E-state index contributed by atoms with van der Waals surface area (Å²) in [4.78, 5) is 13.0. The van der Waals surface area contributed by atoms with Gasteiger partial charge in [0.25, 0.3) is 0 Å². The standard InChI is InChI=1S/C11H18N2O/c1-3-13(10(2)14)9-6-11-4-7-12-8-5-11/h4-5,7,12H,3,6,8-9H2,1-2H3. The first-order valence-electron chi connectivity index (χ1n) is 5.08. The molecule has 0 spiro atoms. The van der Waals surface area contributed by atoms with Crippen molar-refractivity contribution in [2.24, 2.45) is 0 Å². The first kappa shape index (κ1) is 10.8. The van der Waals surface area contributed by atoms with Crippen LogP contribution < -0.4 is 5.32 Å².